The Kier molecular flexibility index (Phi) is 3.37. The average molecular weight is 282 g/mol. The van der Waals surface area contributed by atoms with Crippen molar-refractivity contribution in [1.82, 2.24) is 9.55 Å². The molecule has 2 aromatic heterocycles. The van der Waals surface area contributed by atoms with E-state index in [1.54, 1.807) is 13.1 Å². The zero-order valence-corrected chi connectivity index (χ0v) is 12.5. The maximum absolute atomic E-state index is 12.1. The number of hydrogen-bond acceptors (Lipinski definition) is 3. The predicted octanol–water partition coefficient (Wildman–Crippen LogP) is 3.47. The minimum Gasteiger partial charge on any atom is -0.461 e. The summed E-state index contributed by atoms with van der Waals surface area (Å²) in [7, 11) is 2.02. The number of benzene rings is 1. The summed E-state index contributed by atoms with van der Waals surface area (Å²) in [6.07, 6.45) is 2.51. The van der Waals surface area contributed by atoms with Crippen LogP contribution in [0.1, 0.15) is 29.9 Å². The molecular formula is C17H18N2O2. The van der Waals surface area contributed by atoms with Crippen molar-refractivity contribution in [2.45, 2.75) is 20.3 Å². The van der Waals surface area contributed by atoms with E-state index in [2.05, 4.69) is 21.7 Å². The molecule has 0 saturated carbocycles. The van der Waals surface area contributed by atoms with Gasteiger partial charge >= 0.3 is 5.97 Å². The fraction of sp³-hybridized carbons (Fsp3) is 0.294. The third kappa shape index (κ3) is 1.98. The highest BCUT2D eigenvalue weighted by Crippen LogP contribution is 2.32. The van der Waals surface area contributed by atoms with E-state index in [0.29, 0.717) is 12.3 Å². The Morgan fingerprint density at radius 1 is 1.24 bits per heavy atom. The van der Waals surface area contributed by atoms with E-state index in [1.165, 1.54) is 0 Å². The summed E-state index contributed by atoms with van der Waals surface area (Å²) in [6.45, 7) is 4.21. The van der Waals surface area contributed by atoms with E-state index in [0.717, 1.165) is 33.8 Å². The van der Waals surface area contributed by atoms with Crippen LogP contribution in [0.4, 0.5) is 0 Å². The van der Waals surface area contributed by atoms with E-state index in [1.807, 2.05) is 26.1 Å². The number of aryl methyl sites for hydroxylation is 2. The van der Waals surface area contributed by atoms with Gasteiger partial charge in [0, 0.05) is 23.3 Å². The smallest absolute Gasteiger partial charge is 0.357 e. The molecule has 0 aliphatic rings. The van der Waals surface area contributed by atoms with Crippen molar-refractivity contribution in [3.05, 3.63) is 41.7 Å². The molecule has 0 N–H and O–H groups in total. The number of fused-ring (bicyclic) bond motifs is 3. The van der Waals surface area contributed by atoms with Gasteiger partial charge in [-0.1, -0.05) is 25.1 Å². The number of nitrogens with zero attached hydrogens (tertiary/aromatic N) is 2. The molecule has 4 heteroatoms. The molecule has 1 aromatic carbocycles. The highest BCUT2D eigenvalue weighted by Gasteiger charge is 2.19. The maximum Gasteiger partial charge on any atom is 0.357 e. The Morgan fingerprint density at radius 3 is 2.71 bits per heavy atom. The van der Waals surface area contributed by atoms with Gasteiger partial charge in [0.15, 0.2) is 5.69 Å². The first-order valence-corrected chi connectivity index (χ1v) is 7.21. The molecule has 0 bridgehead atoms. The van der Waals surface area contributed by atoms with E-state index < -0.39 is 0 Å². The molecule has 0 aliphatic carbocycles. The van der Waals surface area contributed by atoms with E-state index >= 15 is 0 Å². The van der Waals surface area contributed by atoms with Gasteiger partial charge in [-0.05, 0) is 25.0 Å². The Bertz CT molecular complexity index is 834. The van der Waals surface area contributed by atoms with Crippen LogP contribution in [0.2, 0.25) is 0 Å². The molecule has 21 heavy (non-hydrogen) atoms. The molecule has 0 atom stereocenters. The number of carbonyl (C=O) groups is 1. The van der Waals surface area contributed by atoms with Crippen molar-refractivity contribution in [3.63, 3.8) is 0 Å². The van der Waals surface area contributed by atoms with Crippen LogP contribution in [0.5, 0.6) is 0 Å². The van der Waals surface area contributed by atoms with Crippen molar-refractivity contribution >= 4 is 27.8 Å². The summed E-state index contributed by atoms with van der Waals surface area (Å²) in [6, 6.07) is 8.21. The minimum absolute atomic E-state index is 0.343. The number of para-hydroxylation sites is 1. The fourth-order valence-electron chi connectivity index (χ4n) is 2.92. The van der Waals surface area contributed by atoms with Gasteiger partial charge in [0.2, 0.25) is 0 Å². The lowest BCUT2D eigenvalue weighted by Crippen LogP contribution is -2.10. The number of hydrogen-bond donors (Lipinski definition) is 0. The van der Waals surface area contributed by atoms with Gasteiger partial charge in [0.1, 0.15) is 0 Å². The Labute approximate surface area is 123 Å². The second-order valence-corrected chi connectivity index (χ2v) is 5.00. The van der Waals surface area contributed by atoms with Gasteiger partial charge in [-0.15, -0.1) is 0 Å². The summed E-state index contributed by atoms with van der Waals surface area (Å²) in [4.78, 5) is 16.5. The van der Waals surface area contributed by atoms with Crippen molar-refractivity contribution < 1.29 is 9.53 Å². The van der Waals surface area contributed by atoms with E-state index in [-0.39, 0.29) is 5.97 Å². The molecule has 0 saturated heterocycles. The molecule has 4 nitrogen and oxygen atoms in total. The Hall–Kier alpha value is -2.36. The number of esters is 1. The van der Waals surface area contributed by atoms with E-state index in [4.69, 9.17) is 4.74 Å². The van der Waals surface area contributed by atoms with Gasteiger partial charge < -0.3 is 9.30 Å². The molecule has 3 aromatic rings. The third-order valence-electron chi connectivity index (χ3n) is 3.88. The molecule has 0 fully saturated rings. The molecular weight excluding hydrogens is 264 g/mol. The largest absolute Gasteiger partial charge is 0.461 e. The number of ether oxygens (including phenoxy) is 1. The Morgan fingerprint density at radius 2 is 2.00 bits per heavy atom. The van der Waals surface area contributed by atoms with Crippen LogP contribution in [0, 0.1) is 0 Å². The molecule has 2 heterocycles. The summed E-state index contributed by atoms with van der Waals surface area (Å²) in [5.41, 5.74) is 3.58. The van der Waals surface area contributed by atoms with Gasteiger partial charge in [0.25, 0.3) is 0 Å². The van der Waals surface area contributed by atoms with Crippen LogP contribution in [-0.2, 0) is 18.2 Å². The first kappa shape index (κ1) is 13.6. The van der Waals surface area contributed by atoms with Gasteiger partial charge in [-0.2, -0.15) is 0 Å². The zero-order chi connectivity index (χ0) is 15.0. The SMILES string of the molecule is CCOC(=O)c1ncc2c(c1CC)c1ccccc1n2C. The second kappa shape index (κ2) is 5.20. The lowest BCUT2D eigenvalue weighted by molar-refractivity contribution is 0.0518. The highest BCUT2D eigenvalue weighted by atomic mass is 16.5. The van der Waals surface area contributed by atoms with Gasteiger partial charge in [0.05, 0.1) is 18.3 Å². The predicted molar refractivity (Wildman–Crippen MR) is 83.6 cm³/mol. The second-order valence-electron chi connectivity index (χ2n) is 5.00. The van der Waals surface area contributed by atoms with Crippen LogP contribution in [0.3, 0.4) is 0 Å². The first-order valence-electron chi connectivity index (χ1n) is 7.21. The van der Waals surface area contributed by atoms with Crippen molar-refractivity contribution in [1.29, 1.82) is 0 Å². The van der Waals surface area contributed by atoms with Gasteiger partial charge in [-0.3, -0.25) is 0 Å². The highest BCUT2D eigenvalue weighted by molar-refractivity contribution is 6.11. The topological polar surface area (TPSA) is 44.1 Å². The minimum atomic E-state index is -0.343. The van der Waals surface area contributed by atoms with Gasteiger partial charge in [-0.25, -0.2) is 9.78 Å². The molecule has 0 radical (unpaired) electrons. The normalized spacial score (nSPS) is 11.2. The average Bonchev–Trinajstić information content (AvgIpc) is 2.80. The quantitative estimate of drug-likeness (QED) is 0.691. The van der Waals surface area contributed by atoms with Crippen LogP contribution < -0.4 is 0 Å². The molecule has 0 amide bonds. The number of pyridine rings is 1. The van der Waals surface area contributed by atoms with Crippen molar-refractivity contribution in [3.8, 4) is 0 Å². The van der Waals surface area contributed by atoms with Crippen molar-refractivity contribution in [2.75, 3.05) is 6.61 Å². The van der Waals surface area contributed by atoms with Crippen LogP contribution >= 0.6 is 0 Å². The Balaban J connectivity index is 2.40. The van der Waals surface area contributed by atoms with Crippen LogP contribution in [-0.4, -0.2) is 22.1 Å². The molecule has 108 valence electrons. The lowest BCUT2D eigenvalue weighted by atomic mass is 10.0. The standard InChI is InChI=1S/C17H18N2O2/c1-4-11-15-12-8-6-7-9-13(12)19(3)14(15)10-18-16(11)17(20)21-5-2/h6-10H,4-5H2,1-3H3. The van der Waals surface area contributed by atoms with E-state index in [9.17, 15) is 4.79 Å². The summed E-state index contributed by atoms with van der Waals surface area (Å²) < 4.78 is 7.25. The first-order chi connectivity index (χ1) is 10.2. The number of carbonyl (C=O) groups excluding carboxylic acids is 1. The summed E-state index contributed by atoms with van der Waals surface area (Å²) in [5, 5.41) is 2.26. The third-order valence-corrected chi connectivity index (χ3v) is 3.88. The summed E-state index contributed by atoms with van der Waals surface area (Å²) >= 11 is 0. The zero-order valence-electron chi connectivity index (χ0n) is 12.5. The number of rotatable bonds is 3. The molecule has 0 unspecified atom stereocenters. The lowest BCUT2D eigenvalue weighted by Gasteiger charge is -2.08. The van der Waals surface area contributed by atoms with Crippen LogP contribution in [0.25, 0.3) is 21.8 Å². The monoisotopic (exact) mass is 282 g/mol. The van der Waals surface area contributed by atoms with Crippen molar-refractivity contribution in [2.24, 2.45) is 7.05 Å². The van der Waals surface area contributed by atoms with Crippen LogP contribution in [0.15, 0.2) is 30.5 Å². The maximum atomic E-state index is 12.1. The molecule has 0 aliphatic heterocycles. The molecule has 0 spiro atoms. The summed E-state index contributed by atoms with van der Waals surface area (Å²) in [5.74, 6) is -0.343. The molecule has 3 rings (SSSR count). The fourth-order valence-corrected chi connectivity index (χ4v) is 2.92. The number of aromatic nitrogens is 2.